The highest BCUT2D eigenvalue weighted by atomic mass is 79.9. The summed E-state index contributed by atoms with van der Waals surface area (Å²) >= 11 is 4.77. The summed E-state index contributed by atoms with van der Waals surface area (Å²) in [5.41, 5.74) is 0.575. The van der Waals surface area contributed by atoms with Crippen LogP contribution in [0.4, 0.5) is 0 Å². The predicted molar refractivity (Wildman–Crippen MR) is 87.1 cm³/mol. The first-order valence-corrected chi connectivity index (χ1v) is 8.62. The number of rotatable bonds is 3. The molecule has 0 atom stereocenters. The molecule has 1 saturated heterocycles. The second kappa shape index (κ2) is 6.66. The van der Waals surface area contributed by atoms with Gasteiger partial charge < -0.3 is 14.6 Å². The van der Waals surface area contributed by atoms with Gasteiger partial charge in [0.05, 0.1) is 20.5 Å². The third kappa shape index (κ3) is 3.41. The number of carbonyl (C=O) groups is 2. The van der Waals surface area contributed by atoms with Crippen LogP contribution in [0.2, 0.25) is 0 Å². The highest BCUT2D eigenvalue weighted by molar-refractivity contribution is 9.11. The Kier molecular flexibility index (Phi) is 4.63. The van der Waals surface area contributed by atoms with Crippen LogP contribution in [-0.2, 0) is 0 Å². The molecular weight excluding hydrogens is 368 g/mol. The van der Waals surface area contributed by atoms with Gasteiger partial charge in [-0.25, -0.2) is 0 Å². The summed E-state index contributed by atoms with van der Waals surface area (Å²) in [5.74, 6) is -0.0592. The van der Waals surface area contributed by atoms with E-state index in [9.17, 15) is 9.59 Å². The summed E-state index contributed by atoms with van der Waals surface area (Å²) in [5, 5.41) is 3.04. The summed E-state index contributed by atoms with van der Waals surface area (Å²) in [6.07, 6.45) is 4.49. The number of carbonyl (C=O) groups excluding carboxylic acids is 2. The minimum atomic E-state index is -0.0460. The van der Waals surface area contributed by atoms with E-state index < -0.39 is 0 Å². The van der Waals surface area contributed by atoms with E-state index in [0.29, 0.717) is 23.5 Å². The fourth-order valence-electron chi connectivity index (χ4n) is 2.49. The van der Waals surface area contributed by atoms with E-state index in [-0.39, 0.29) is 17.9 Å². The van der Waals surface area contributed by atoms with Crippen molar-refractivity contribution in [2.75, 3.05) is 13.1 Å². The maximum Gasteiger partial charge on any atom is 0.261 e. The monoisotopic (exact) mass is 382 g/mol. The zero-order valence-corrected chi connectivity index (χ0v) is 14.2. The molecule has 1 fully saturated rings. The van der Waals surface area contributed by atoms with E-state index in [2.05, 4.69) is 21.2 Å². The van der Waals surface area contributed by atoms with Crippen LogP contribution in [0.25, 0.3) is 0 Å². The van der Waals surface area contributed by atoms with Crippen molar-refractivity contribution >= 4 is 39.1 Å². The molecule has 22 heavy (non-hydrogen) atoms. The molecule has 0 radical (unpaired) electrons. The number of nitrogens with one attached hydrogen (secondary N) is 1. The number of furan rings is 1. The fraction of sp³-hybridized carbons (Fsp3) is 0.333. The van der Waals surface area contributed by atoms with Crippen molar-refractivity contribution < 1.29 is 14.0 Å². The van der Waals surface area contributed by atoms with E-state index in [0.717, 1.165) is 16.6 Å². The first kappa shape index (κ1) is 15.3. The van der Waals surface area contributed by atoms with Crippen LogP contribution in [0, 0.1) is 0 Å². The lowest BCUT2D eigenvalue weighted by molar-refractivity contribution is 0.0697. The van der Waals surface area contributed by atoms with Gasteiger partial charge in [-0.2, -0.15) is 0 Å². The Morgan fingerprint density at radius 3 is 2.64 bits per heavy atom. The molecule has 0 aromatic carbocycles. The number of nitrogens with zero attached hydrogens (tertiary/aromatic N) is 1. The third-order valence-corrected chi connectivity index (χ3v) is 5.30. The molecule has 7 heteroatoms. The highest BCUT2D eigenvalue weighted by Gasteiger charge is 2.25. The van der Waals surface area contributed by atoms with Crippen molar-refractivity contribution in [3.8, 4) is 0 Å². The molecule has 0 spiro atoms. The van der Waals surface area contributed by atoms with Crippen LogP contribution in [0.1, 0.15) is 32.9 Å². The third-order valence-electron chi connectivity index (χ3n) is 3.68. The van der Waals surface area contributed by atoms with E-state index in [4.69, 9.17) is 4.42 Å². The Morgan fingerprint density at radius 2 is 2.05 bits per heavy atom. The van der Waals surface area contributed by atoms with Crippen LogP contribution >= 0.6 is 27.3 Å². The number of likely N-dealkylation sites (tertiary alicyclic amines) is 1. The molecule has 0 saturated carbocycles. The SMILES string of the molecule is O=C(NC1CCN(C(=O)c2ccoc2)CC1)c1ccc(Br)s1. The Morgan fingerprint density at radius 1 is 1.27 bits per heavy atom. The quantitative estimate of drug-likeness (QED) is 0.886. The normalized spacial score (nSPS) is 15.8. The molecule has 3 heterocycles. The number of hydrogen-bond acceptors (Lipinski definition) is 4. The first-order chi connectivity index (χ1) is 10.6. The van der Waals surface area contributed by atoms with Crippen molar-refractivity contribution in [1.29, 1.82) is 0 Å². The van der Waals surface area contributed by atoms with Crippen molar-refractivity contribution in [2.45, 2.75) is 18.9 Å². The summed E-state index contributed by atoms with van der Waals surface area (Å²) in [7, 11) is 0. The smallest absolute Gasteiger partial charge is 0.261 e. The van der Waals surface area contributed by atoms with Gasteiger partial charge in [0.2, 0.25) is 0 Å². The minimum absolute atomic E-state index is 0.0132. The second-order valence-corrected chi connectivity index (χ2v) is 7.62. The largest absolute Gasteiger partial charge is 0.472 e. The van der Waals surface area contributed by atoms with Crippen LogP contribution in [-0.4, -0.2) is 35.8 Å². The molecule has 116 valence electrons. The predicted octanol–water partition coefficient (Wildman–Crippen LogP) is 3.14. The lowest BCUT2D eigenvalue weighted by Crippen LogP contribution is -2.46. The van der Waals surface area contributed by atoms with Crippen LogP contribution in [0.15, 0.2) is 38.9 Å². The zero-order chi connectivity index (χ0) is 15.5. The molecule has 1 aliphatic rings. The van der Waals surface area contributed by atoms with E-state index >= 15 is 0 Å². The van der Waals surface area contributed by atoms with Gasteiger partial charge in [-0.15, -0.1) is 11.3 Å². The number of hydrogen-bond donors (Lipinski definition) is 1. The molecule has 1 N–H and O–H groups in total. The van der Waals surface area contributed by atoms with Crippen molar-refractivity contribution in [2.24, 2.45) is 0 Å². The molecule has 0 unspecified atom stereocenters. The van der Waals surface area contributed by atoms with E-state index in [1.165, 1.54) is 23.9 Å². The molecule has 5 nitrogen and oxygen atoms in total. The molecular formula is C15H15BrN2O3S. The van der Waals surface area contributed by atoms with Crippen molar-refractivity contribution in [3.63, 3.8) is 0 Å². The average Bonchev–Trinajstić information content (AvgIpc) is 3.18. The number of amides is 2. The summed E-state index contributed by atoms with van der Waals surface area (Å²) in [6.45, 7) is 1.28. The molecule has 1 aliphatic heterocycles. The average molecular weight is 383 g/mol. The van der Waals surface area contributed by atoms with Crippen molar-refractivity contribution in [1.82, 2.24) is 10.2 Å². The highest BCUT2D eigenvalue weighted by Crippen LogP contribution is 2.22. The first-order valence-electron chi connectivity index (χ1n) is 7.01. The summed E-state index contributed by atoms with van der Waals surface area (Å²) in [6, 6.07) is 5.46. The van der Waals surface area contributed by atoms with Crippen LogP contribution < -0.4 is 5.32 Å². The summed E-state index contributed by atoms with van der Waals surface area (Å²) < 4.78 is 5.89. The van der Waals surface area contributed by atoms with E-state index in [1.807, 2.05) is 12.1 Å². The summed E-state index contributed by atoms with van der Waals surface area (Å²) in [4.78, 5) is 26.8. The Hall–Kier alpha value is -1.60. The van der Waals surface area contributed by atoms with Gasteiger partial charge >= 0.3 is 0 Å². The van der Waals surface area contributed by atoms with Crippen molar-refractivity contribution in [3.05, 3.63) is 45.0 Å². The minimum Gasteiger partial charge on any atom is -0.472 e. The molecule has 0 bridgehead atoms. The van der Waals surface area contributed by atoms with E-state index in [1.54, 1.807) is 11.0 Å². The Bertz CT molecular complexity index is 660. The molecule has 3 rings (SSSR count). The lowest BCUT2D eigenvalue weighted by atomic mass is 10.0. The standard InChI is InChI=1S/C15H15BrN2O3S/c16-13-2-1-12(22-13)14(19)17-11-3-6-18(7-4-11)15(20)10-5-8-21-9-10/h1-2,5,8-9,11H,3-4,6-7H2,(H,17,19). The van der Waals surface area contributed by atoms with Gasteiger partial charge in [-0.1, -0.05) is 0 Å². The number of thiophene rings is 1. The number of piperidine rings is 1. The van der Waals surface area contributed by atoms with Gasteiger partial charge in [0.15, 0.2) is 0 Å². The van der Waals surface area contributed by atoms with Gasteiger partial charge in [0.25, 0.3) is 11.8 Å². The van der Waals surface area contributed by atoms with Crippen LogP contribution in [0.3, 0.4) is 0 Å². The Labute approximate surface area is 140 Å². The second-order valence-electron chi connectivity index (χ2n) is 5.16. The topological polar surface area (TPSA) is 62.6 Å². The van der Waals surface area contributed by atoms with Gasteiger partial charge in [-0.05, 0) is 47.0 Å². The van der Waals surface area contributed by atoms with Crippen LogP contribution in [0.5, 0.6) is 0 Å². The zero-order valence-electron chi connectivity index (χ0n) is 11.8. The lowest BCUT2D eigenvalue weighted by Gasteiger charge is -2.32. The van der Waals surface area contributed by atoms with Gasteiger partial charge in [-0.3, -0.25) is 9.59 Å². The Balaban J connectivity index is 1.51. The van der Waals surface area contributed by atoms with Gasteiger partial charge in [0.1, 0.15) is 6.26 Å². The fourth-order valence-corrected chi connectivity index (χ4v) is 3.78. The maximum atomic E-state index is 12.2. The van der Waals surface area contributed by atoms with Gasteiger partial charge in [0, 0.05) is 19.1 Å². The number of halogens is 1. The molecule has 2 aromatic rings. The molecule has 2 aromatic heterocycles. The molecule has 0 aliphatic carbocycles. The molecule has 2 amide bonds. The maximum absolute atomic E-state index is 12.2.